The van der Waals surface area contributed by atoms with Crippen molar-refractivity contribution in [2.24, 2.45) is 5.92 Å². The molecule has 0 bridgehead atoms. The number of aliphatic hydroxyl groups is 1. The lowest BCUT2D eigenvalue weighted by molar-refractivity contribution is 0.129. The van der Waals surface area contributed by atoms with Crippen LogP contribution in [0, 0.1) is 23.1 Å². The number of halogens is 2. The van der Waals surface area contributed by atoms with Crippen molar-refractivity contribution in [3.8, 4) is 6.07 Å². The van der Waals surface area contributed by atoms with Gasteiger partial charge in [-0.25, -0.2) is 4.39 Å². The fraction of sp³-hybridized carbons (Fsp3) is 0.417. The van der Waals surface area contributed by atoms with Crippen molar-refractivity contribution in [2.45, 2.75) is 25.9 Å². The minimum Gasteiger partial charge on any atom is -0.387 e. The predicted octanol–water partition coefficient (Wildman–Crippen LogP) is 3.56. The average molecular weight is 286 g/mol. The van der Waals surface area contributed by atoms with Gasteiger partial charge in [-0.2, -0.15) is 5.26 Å². The third-order valence-corrected chi connectivity index (χ3v) is 3.04. The minimum absolute atomic E-state index is 0.303. The molecule has 16 heavy (non-hydrogen) atoms. The average Bonchev–Trinajstić information content (AvgIpc) is 2.28. The number of nitriles is 1. The zero-order valence-electron chi connectivity index (χ0n) is 8.95. The van der Waals surface area contributed by atoms with Crippen molar-refractivity contribution in [2.75, 3.05) is 0 Å². The third kappa shape index (κ3) is 3.03. The first kappa shape index (κ1) is 13.1. The molecule has 0 aliphatic carbocycles. The summed E-state index contributed by atoms with van der Waals surface area (Å²) in [6.45, 7) is 1.96. The maximum atomic E-state index is 13.0. The molecule has 2 atom stereocenters. The minimum atomic E-state index is -0.859. The molecule has 0 fully saturated rings. The van der Waals surface area contributed by atoms with Crippen molar-refractivity contribution in [1.29, 1.82) is 5.26 Å². The maximum absolute atomic E-state index is 13.0. The molecule has 2 nitrogen and oxygen atoms in total. The van der Waals surface area contributed by atoms with Crippen LogP contribution in [0.3, 0.4) is 0 Å². The molecule has 0 heterocycles. The normalized spacial score (nSPS) is 14.2. The molecule has 1 rings (SSSR count). The number of hydrogen-bond donors (Lipinski definition) is 1. The van der Waals surface area contributed by atoms with Crippen molar-refractivity contribution >= 4 is 15.9 Å². The van der Waals surface area contributed by atoms with Crippen molar-refractivity contribution in [3.63, 3.8) is 0 Å². The molecule has 1 aromatic carbocycles. The second-order valence-electron chi connectivity index (χ2n) is 3.64. The smallest absolute Gasteiger partial charge is 0.137 e. The molecule has 1 aromatic rings. The van der Waals surface area contributed by atoms with Gasteiger partial charge in [0.2, 0.25) is 0 Å². The lowest BCUT2D eigenvalue weighted by Crippen LogP contribution is -2.10. The lowest BCUT2D eigenvalue weighted by atomic mass is 9.93. The van der Waals surface area contributed by atoms with E-state index in [2.05, 4.69) is 22.0 Å². The summed E-state index contributed by atoms with van der Waals surface area (Å²) in [4.78, 5) is 0. The van der Waals surface area contributed by atoms with Crippen LogP contribution in [0.15, 0.2) is 22.7 Å². The first-order valence-electron chi connectivity index (χ1n) is 5.12. The number of aliphatic hydroxyl groups excluding tert-OH is 1. The Hall–Kier alpha value is -0.920. The Kier molecular flexibility index (Phi) is 4.91. The van der Waals surface area contributed by atoms with Crippen LogP contribution < -0.4 is 0 Å². The Morgan fingerprint density at radius 3 is 2.75 bits per heavy atom. The van der Waals surface area contributed by atoms with E-state index in [1.54, 1.807) is 0 Å². The molecule has 0 radical (unpaired) electrons. The molecule has 0 aliphatic rings. The van der Waals surface area contributed by atoms with E-state index in [9.17, 15) is 9.50 Å². The maximum Gasteiger partial charge on any atom is 0.137 e. The topological polar surface area (TPSA) is 44.0 Å². The van der Waals surface area contributed by atoms with Gasteiger partial charge in [0.05, 0.1) is 22.6 Å². The molecule has 0 aromatic heterocycles. The Labute approximate surface area is 103 Å². The van der Waals surface area contributed by atoms with Crippen LogP contribution in [0.5, 0.6) is 0 Å². The summed E-state index contributed by atoms with van der Waals surface area (Å²) in [6, 6.07) is 6.38. The molecule has 86 valence electrons. The molecule has 2 unspecified atom stereocenters. The Morgan fingerprint density at radius 2 is 2.25 bits per heavy atom. The molecule has 0 saturated heterocycles. The first-order chi connectivity index (χ1) is 7.60. The monoisotopic (exact) mass is 285 g/mol. The van der Waals surface area contributed by atoms with Gasteiger partial charge >= 0.3 is 0 Å². The van der Waals surface area contributed by atoms with E-state index >= 15 is 0 Å². The highest BCUT2D eigenvalue weighted by atomic mass is 79.9. The lowest BCUT2D eigenvalue weighted by Gasteiger charge is -2.16. The highest BCUT2D eigenvalue weighted by molar-refractivity contribution is 9.10. The molecule has 0 saturated carbocycles. The highest BCUT2D eigenvalue weighted by Gasteiger charge is 2.20. The number of nitrogens with zero attached hydrogens (tertiary/aromatic N) is 1. The van der Waals surface area contributed by atoms with Gasteiger partial charge in [0, 0.05) is 0 Å². The Bertz CT molecular complexity index is 402. The van der Waals surface area contributed by atoms with Crippen molar-refractivity contribution < 1.29 is 9.50 Å². The molecular weight excluding hydrogens is 273 g/mol. The second-order valence-corrected chi connectivity index (χ2v) is 4.50. The molecule has 0 spiro atoms. The third-order valence-electron chi connectivity index (χ3n) is 2.43. The summed E-state index contributed by atoms with van der Waals surface area (Å²) < 4.78 is 13.3. The zero-order chi connectivity index (χ0) is 12.1. The summed E-state index contributed by atoms with van der Waals surface area (Å²) in [5.74, 6) is -0.817. The summed E-state index contributed by atoms with van der Waals surface area (Å²) in [7, 11) is 0. The van der Waals surface area contributed by atoms with Gasteiger partial charge in [-0.05, 0) is 40.0 Å². The summed E-state index contributed by atoms with van der Waals surface area (Å²) >= 11 is 3.06. The molecule has 4 heteroatoms. The van der Waals surface area contributed by atoms with Crippen LogP contribution in [0.25, 0.3) is 0 Å². The highest BCUT2D eigenvalue weighted by Crippen LogP contribution is 2.28. The van der Waals surface area contributed by atoms with Gasteiger partial charge in [0.1, 0.15) is 5.82 Å². The molecule has 0 aliphatic heterocycles. The summed E-state index contributed by atoms with van der Waals surface area (Å²) in [5, 5.41) is 18.9. The van der Waals surface area contributed by atoms with Crippen LogP contribution in [0.1, 0.15) is 31.4 Å². The predicted molar refractivity (Wildman–Crippen MR) is 63.1 cm³/mol. The van der Waals surface area contributed by atoms with E-state index in [1.807, 2.05) is 6.92 Å². The second kappa shape index (κ2) is 5.97. The fourth-order valence-corrected chi connectivity index (χ4v) is 1.93. The van der Waals surface area contributed by atoms with Crippen LogP contribution in [0.2, 0.25) is 0 Å². The van der Waals surface area contributed by atoms with E-state index in [4.69, 9.17) is 5.26 Å². The number of rotatable bonds is 4. The molecule has 0 amide bonds. The zero-order valence-corrected chi connectivity index (χ0v) is 10.5. The van der Waals surface area contributed by atoms with E-state index in [-0.39, 0.29) is 5.82 Å². The number of hydrogen-bond acceptors (Lipinski definition) is 2. The summed E-state index contributed by atoms with van der Waals surface area (Å²) in [5.41, 5.74) is 0.563. The fourth-order valence-electron chi connectivity index (χ4n) is 1.53. The van der Waals surface area contributed by atoms with E-state index in [1.165, 1.54) is 18.2 Å². The molecule has 1 N–H and O–H groups in total. The summed E-state index contributed by atoms with van der Waals surface area (Å²) in [6.07, 6.45) is 0.603. The van der Waals surface area contributed by atoms with Crippen LogP contribution in [-0.4, -0.2) is 5.11 Å². The first-order valence-corrected chi connectivity index (χ1v) is 5.92. The van der Waals surface area contributed by atoms with Gasteiger partial charge in [-0.15, -0.1) is 0 Å². The SMILES string of the molecule is CCCC(C#N)C(O)c1ccc(F)c(Br)c1. The van der Waals surface area contributed by atoms with Gasteiger partial charge in [-0.1, -0.05) is 19.4 Å². The van der Waals surface area contributed by atoms with Crippen LogP contribution in [0.4, 0.5) is 4.39 Å². The van der Waals surface area contributed by atoms with E-state index < -0.39 is 12.0 Å². The standard InChI is InChI=1S/C12H13BrFNO/c1-2-3-9(7-15)12(16)8-4-5-11(14)10(13)6-8/h4-6,9,12,16H,2-3H2,1H3. The van der Waals surface area contributed by atoms with E-state index in [0.29, 0.717) is 16.5 Å². The van der Waals surface area contributed by atoms with Crippen molar-refractivity contribution in [1.82, 2.24) is 0 Å². The molecular formula is C12H13BrFNO. The van der Waals surface area contributed by atoms with Crippen LogP contribution in [-0.2, 0) is 0 Å². The largest absolute Gasteiger partial charge is 0.387 e. The van der Waals surface area contributed by atoms with Gasteiger partial charge in [-0.3, -0.25) is 0 Å². The quantitative estimate of drug-likeness (QED) is 0.919. The Morgan fingerprint density at radius 1 is 1.56 bits per heavy atom. The van der Waals surface area contributed by atoms with E-state index in [0.717, 1.165) is 6.42 Å². The number of benzene rings is 1. The van der Waals surface area contributed by atoms with Gasteiger partial charge in [0.15, 0.2) is 0 Å². The van der Waals surface area contributed by atoms with Gasteiger partial charge < -0.3 is 5.11 Å². The Balaban J connectivity index is 2.91. The van der Waals surface area contributed by atoms with Crippen LogP contribution >= 0.6 is 15.9 Å². The van der Waals surface area contributed by atoms with Crippen molar-refractivity contribution in [3.05, 3.63) is 34.1 Å². The van der Waals surface area contributed by atoms with Gasteiger partial charge in [0.25, 0.3) is 0 Å².